The van der Waals surface area contributed by atoms with Crippen molar-refractivity contribution in [3.05, 3.63) is 68.6 Å². The number of benzene rings is 1. The Labute approximate surface area is 178 Å². The molecular weight excluding hydrogens is 459 g/mol. The van der Waals surface area contributed by atoms with Crippen LogP contribution in [0.3, 0.4) is 0 Å². The van der Waals surface area contributed by atoms with Crippen molar-refractivity contribution in [2.24, 2.45) is 0 Å². The van der Waals surface area contributed by atoms with Crippen LogP contribution in [0.1, 0.15) is 39.6 Å². The minimum Gasteiger partial charge on any atom is -0.351 e. The van der Waals surface area contributed by atoms with Crippen molar-refractivity contribution >= 4 is 44.2 Å². The molecule has 0 saturated carbocycles. The highest BCUT2D eigenvalue weighted by Crippen LogP contribution is 2.37. The number of aromatic nitrogens is 2. The van der Waals surface area contributed by atoms with Gasteiger partial charge in [0.15, 0.2) is 5.13 Å². The average Bonchev–Trinajstić information content (AvgIpc) is 3.44. The Morgan fingerprint density at radius 3 is 3.03 bits per heavy atom. The van der Waals surface area contributed by atoms with Crippen LogP contribution in [-0.2, 0) is 24.3 Å². The van der Waals surface area contributed by atoms with E-state index in [1.54, 1.807) is 17.6 Å². The summed E-state index contributed by atoms with van der Waals surface area (Å²) in [5, 5.41) is 5.05. The molecule has 1 aromatic carbocycles. The summed E-state index contributed by atoms with van der Waals surface area (Å²) >= 11 is 4.56. The monoisotopic (exact) mass is 474 g/mol. The molecule has 4 heterocycles. The molecule has 0 aliphatic carbocycles. The van der Waals surface area contributed by atoms with E-state index < -0.39 is 11.9 Å². The van der Waals surface area contributed by atoms with Gasteiger partial charge in [0.25, 0.3) is 11.8 Å². The predicted molar refractivity (Wildman–Crippen MR) is 110 cm³/mol. The quantitative estimate of drug-likeness (QED) is 0.617. The van der Waals surface area contributed by atoms with Crippen LogP contribution in [0, 0.1) is 5.82 Å². The number of carbonyl (C=O) groups is 2. The van der Waals surface area contributed by atoms with Gasteiger partial charge in [-0.2, -0.15) is 0 Å². The van der Waals surface area contributed by atoms with E-state index in [4.69, 9.17) is 0 Å². The van der Waals surface area contributed by atoms with E-state index in [1.807, 2.05) is 12.3 Å². The highest BCUT2D eigenvalue weighted by molar-refractivity contribution is 9.10. The zero-order valence-corrected chi connectivity index (χ0v) is 17.6. The number of hydrogen-bond donors (Lipinski definition) is 1. The minimum absolute atomic E-state index is 0.0495. The maximum absolute atomic E-state index is 14.5. The average molecular weight is 475 g/mol. The highest BCUT2D eigenvalue weighted by atomic mass is 79.9. The number of anilines is 1. The third kappa shape index (κ3) is 3.08. The van der Waals surface area contributed by atoms with Gasteiger partial charge in [0.1, 0.15) is 11.9 Å². The van der Waals surface area contributed by atoms with Crippen molar-refractivity contribution in [3.8, 4) is 0 Å². The number of aryl methyl sites for hydroxylation is 1. The number of nitrogens with one attached hydrogen (secondary N) is 1. The summed E-state index contributed by atoms with van der Waals surface area (Å²) in [6.45, 7) is 0.944. The fourth-order valence-electron chi connectivity index (χ4n) is 4.16. The molecule has 9 heteroatoms. The topological polar surface area (TPSA) is 67.2 Å². The van der Waals surface area contributed by atoms with Crippen LogP contribution in [0.4, 0.5) is 9.52 Å². The smallest absolute Gasteiger partial charge is 0.255 e. The van der Waals surface area contributed by atoms with E-state index in [-0.39, 0.29) is 18.4 Å². The zero-order chi connectivity index (χ0) is 20.1. The second-order valence-electron chi connectivity index (χ2n) is 7.09. The Kier molecular flexibility index (Phi) is 4.51. The van der Waals surface area contributed by atoms with Crippen LogP contribution < -0.4 is 5.32 Å². The van der Waals surface area contributed by atoms with Crippen LogP contribution in [0.5, 0.6) is 0 Å². The maximum Gasteiger partial charge on any atom is 0.255 e. The molecule has 1 atom stereocenters. The van der Waals surface area contributed by atoms with Gasteiger partial charge in [0, 0.05) is 51.2 Å². The standard InChI is InChI=1S/C20H16BrFN4O2S/c21-11-8-13-14(15(22)9-11)10-26(19(13)28)17(18(27)24-20-23-4-7-29-20)12-3-6-25-5-1-2-16(12)25/h3-4,6-9,17H,1-2,5,10H2,(H,23,24,27). The molecule has 0 radical (unpaired) electrons. The first-order valence-electron chi connectivity index (χ1n) is 9.20. The summed E-state index contributed by atoms with van der Waals surface area (Å²) in [5.74, 6) is -1.15. The van der Waals surface area contributed by atoms with Crippen molar-refractivity contribution in [1.82, 2.24) is 14.5 Å². The van der Waals surface area contributed by atoms with E-state index in [0.717, 1.165) is 30.6 Å². The number of thiazole rings is 1. The Hall–Kier alpha value is -2.52. The van der Waals surface area contributed by atoms with Gasteiger partial charge >= 0.3 is 0 Å². The predicted octanol–water partition coefficient (Wildman–Crippen LogP) is 4.13. The van der Waals surface area contributed by atoms with E-state index in [2.05, 4.69) is 30.8 Å². The lowest BCUT2D eigenvalue weighted by molar-refractivity contribution is -0.120. The molecule has 0 spiro atoms. The van der Waals surface area contributed by atoms with Gasteiger partial charge in [-0.3, -0.25) is 14.9 Å². The summed E-state index contributed by atoms with van der Waals surface area (Å²) < 4.78 is 17.1. The van der Waals surface area contributed by atoms with Crippen molar-refractivity contribution in [3.63, 3.8) is 0 Å². The lowest BCUT2D eigenvalue weighted by atomic mass is 10.0. The molecule has 6 nitrogen and oxygen atoms in total. The highest BCUT2D eigenvalue weighted by Gasteiger charge is 2.41. The van der Waals surface area contributed by atoms with Gasteiger partial charge in [-0.1, -0.05) is 15.9 Å². The second kappa shape index (κ2) is 7.07. The molecule has 0 saturated heterocycles. The number of carbonyl (C=O) groups excluding carboxylic acids is 2. The number of fused-ring (bicyclic) bond motifs is 2. The molecule has 5 rings (SSSR count). The fourth-order valence-corrected chi connectivity index (χ4v) is 5.12. The van der Waals surface area contributed by atoms with Crippen LogP contribution in [0.25, 0.3) is 0 Å². The van der Waals surface area contributed by atoms with E-state index in [9.17, 15) is 14.0 Å². The largest absolute Gasteiger partial charge is 0.351 e. The molecule has 29 heavy (non-hydrogen) atoms. The number of nitrogens with zero attached hydrogens (tertiary/aromatic N) is 3. The van der Waals surface area contributed by atoms with E-state index in [1.165, 1.54) is 22.3 Å². The van der Waals surface area contributed by atoms with Gasteiger partial charge in [-0.25, -0.2) is 9.37 Å². The molecule has 2 amide bonds. The molecule has 2 aromatic heterocycles. The minimum atomic E-state index is -0.855. The molecule has 2 aliphatic rings. The molecule has 1 unspecified atom stereocenters. The first-order valence-corrected chi connectivity index (χ1v) is 10.9. The second-order valence-corrected chi connectivity index (χ2v) is 8.90. The summed E-state index contributed by atoms with van der Waals surface area (Å²) in [4.78, 5) is 32.0. The number of amides is 2. The van der Waals surface area contributed by atoms with E-state index in [0.29, 0.717) is 20.7 Å². The zero-order valence-electron chi connectivity index (χ0n) is 15.2. The van der Waals surface area contributed by atoms with Crippen molar-refractivity contribution in [2.45, 2.75) is 32.0 Å². The van der Waals surface area contributed by atoms with Gasteiger partial charge in [0.05, 0.1) is 6.54 Å². The van der Waals surface area contributed by atoms with Crippen LogP contribution in [0.15, 0.2) is 40.4 Å². The van der Waals surface area contributed by atoms with Crippen molar-refractivity contribution < 1.29 is 14.0 Å². The Morgan fingerprint density at radius 2 is 2.24 bits per heavy atom. The SMILES string of the molecule is O=C(Nc1nccs1)C(c1ccn2c1CCC2)N1Cc2c(F)cc(Br)cc2C1=O. The van der Waals surface area contributed by atoms with Gasteiger partial charge in [-0.05, 0) is 31.0 Å². The van der Waals surface area contributed by atoms with Crippen molar-refractivity contribution in [2.75, 3.05) is 5.32 Å². The fraction of sp³-hybridized carbons (Fsp3) is 0.250. The molecule has 148 valence electrons. The van der Waals surface area contributed by atoms with Crippen LogP contribution in [0.2, 0.25) is 0 Å². The number of hydrogen-bond acceptors (Lipinski definition) is 4. The molecular formula is C20H16BrFN4O2S. The van der Waals surface area contributed by atoms with Crippen LogP contribution in [-0.4, -0.2) is 26.3 Å². The summed E-state index contributed by atoms with van der Waals surface area (Å²) in [6, 6.07) is 3.99. The number of halogens is 2. The summed E-state index contributed by atoms with van der Waals surface area (Å²) in [7, 11) is 0. The lowest BCUT2D eigenvalue weighted by Crippen LogP contribution is -2.38. The Morgan fingerprint density at radius 1 is 1.38 bits per heavy atom. The summed E-state index contributed by atoms with van der Waals surface area (Å²) in [6.07, 6.45) is 5.40. The van der Waals surface area contributed by atoms with Crippen molar-refractivity contribution in [1.29, 1.82) is 0 Å². The van der Waals surface area contributed by atoms with Gasteiger partial charge in [0.2, 0.25) is 0 Å². The maximum atomic E-state index is 14.5. The molecule has 0 fully saturated rings. The Bertz CT molecular complexity index is 1130. The third-order valence-corrected chi connectivity index (χ3v) is 6.57. The van der Waals surface area contributed by atoms with Crippen LogP contribution >= 0.6 is 27.3 Å². The van der Waals surface area contributed by atoms with E-state index >= 15 is 0 Å². The van der Waals surface area contributed by atoms with Gasteiger partial charge < -0.3 is 9.47 Å². The summed E-state index contributed by atoms with van der Waals surface area (Å²) in [5.41, 5.74) is 2.45. The lowest BCUT2D eigenvalue weighted by Gasteiger charge is -2.27. The molecule has 1 N–H and O–H groups in total. The first kappa shape index (κ1) is 18.5. The molecule has 2 aliphatic heterocycles. The Balaban J connectivity index is 1.56. The first-order chi connectivity index (χ1) is 14.0. The third-order valence-electron chi connectivity index (χ3n) is 5.42. The molecule has 0 bridgehead atoms. The molecule has 3 aromatic rings. The normalized spacial score (nSPS) is 16.1. The van der Waals surface area contributed by atoms with Gasteiger partial charge in [-0.15, -0.1) is 11.3 Å². The number of rotatable bonds is 4.